The van der Waals surface area contributed by atoms with Crippen molar-refractivity contribution in [2.24, 2.45) is 23.7 Å². The number of hydrogen-bond acceptors (Lipinski definition) is 2. The molecular weight excluding hydrogens is 374 g/mol. The molecule has 3 amide bonds. The maximum absolute atomic E-state index is 12.8. The van der Waals surface area contributed by atoms with Gasteiger partial charge in [-0.2, -0.15) is 0 Å². The van der Waals surface area contributed by atoms with Crippen molar-refractivity contribution in [3.8, 4) is 0 Å². The van der Waals surface area contributed by atoms with Gasteiger partial charge in [0.15, 0.2) is 0 Å². The van der Waals surface area contributed by atoms with Crippen molar-refractivity contribution in [2.45, 2.75) is 108 Å². The predicted molar refractivity (Wildman–Crippen MR) is 118 cm³/mol. The number of hydrogen-bond donors (Lipinski definition) is 2. The molecule has 0 aromatic heterocycles. The topological polar surface area (TPSA) is 61.4 Å². The largest absolute Gasteiger partial charge is 0.339 e. The van der Waals surface area contributed by atoms with Gasteiger partial charge in [-0.05, 0) is 87.9 Å². The highest BCUT2D eigenvalue weighted by molar-refractivity contribution is 5.77. The van der Waals surface area contributed by atoms with E-state index in [1.54, 1.807) is 0 Å². The van der Waals surface area contributed by atoms with Gasteiger partial charge in [0.2, 0.25) is 5.91 Å². The van der Waals surface area contributed by atoms with Crippen LogP contribution in [0.3, 0.4) is 0 Å². The summed E-state index contributed by atoms with van der Waals surface area (Å²) in [4.78, 5) is 27.7. The number of fused-ring (bicyclic) bond motifs is 3. The molecule has 1 heterocycles. The molecule has 6 atom stereocenters. The summed E-state index contributed by atoms with van der Waals surface area (Å²) in [6.07, 6.45) is 17.9. The second kappa shape index (κ2) is 8.70. The van der Waals surface area contributed by atoms with Crippen molar-refractivity contribution in [3.63, 3.8) is 0 Å². The van der Waals surface area contributed by atoms with Crippen LogP contribution in [0, 0.1) is 23.7 Å². The van der Waals surface area contributed by atoms with Crippen molar-refractivity contribution < 1.29 is 9.59 Å². The molecule has 168 valence electrons. The van der Waals surface area contributed by atoms with Crippen molar-refractivity contribution in [2.75, 3.05) is 13.1 Å². The molecule has 0 radical (unpaired) electrons. The van der Waals surface area contributed by atoms with E-state index < -0.39 is 0 Å². The minimum atomic E-state index is -0.00693. The summed E-state index contributed by atoms with van der Waals surface area (Å²) in [7, 11) is 0. The average molecular weight is 416 g/mol. The van der Waals surface area contributed by atoms with Crippen LogP contribution in [0.1, 0.15) is 96.3 Å². The van der Waals surface area contributed by atoms with Crippen molar-refractivity contribution in [3.05, 3.63) is 0 Å². The van der Waals surface area contributed by atoms with Gasteiger partial charge in [0, 0.05) is 31.1 Å². The second-order valence-corrected chi connectivity index (χ2v) is 11.3. The highest BCUT2D eigenvalue weighted by Gasteiger charge is 2.50. The van der Waals surface area contributed by atoms with Gasteiger partial charge in [0.1, 0.15) is 0 Å². The van der Waals surface area contributed by atoms with Gasteiger partial charge < -0.3 is 15.5 Å². The molecule has 4 aliphatic carbocycles. The number of likely N-dealkylation sites (tertiary alicyclic amines) is 1. The molecule has 5 nitrogen and oxygen atoms in total. The first-order chi connectivity index (χ1) is 14.6. The summed E-state index contributed by atoms with van der Waals surface area (Å²) in [6, 6.07) is 0.489. The zero-order chi connectivity index (χ0) is 20.6. The molecule has 0 aromatic rings. The molecule has 1 aliphatic heterocycles. The lowest BCUT2D eigenvalue weighted by molar-refractivity contribution is -0.137. The Morgan fingerprint density at radius 3 is 2.63 bits per heavy atom. The van der Waals surface area contributed by atoms with E-state index in [2.05, 4.69) is 15.5 Å². The summed E-state index contributed by atoms with van der Waals surface area (Å²) in [5, 5.41) is 6.47. The molecule has 5 rings (SSSR count). The number of nitrogens with one attached hydrogen (secondary N) is 2. The third-order valence-electron chi connectivity index (χ3n) is 9.30. The predicted octanol–water partition coefficient (Wildman–Crippen LogP) is 4.61. The van der Waals surface area contributed by atoms with E-state index in [1.165, 1.54) is 77.0 Å². The van der Waals surface area contributed by atoms with Gasteiger partial charge >= 0.3 is 6.03 Å². The molecule has 3 bridgehead atoms. The van der Waals surface area contributed by atoms with Gasteiger partial charge in [-0.15, -0.1) is 0 Å². The number of carbonyl (C=O) groups is 2. The van der Waals surface area contributed by atoms with E-state index in [4.69, 9.17) is 0 Å². The third-order valence-corrected chi connectivity index (χ3v) is 9.30. The number of amides is 3. The van der Waals surface area contributed by atoms with Crippen LogP contribution in [0.2, 0.25) is 0 Å². The smallest absolute Gasteiger partial charge is 0.315 e. The number of rotatable bonds is 5. The number of nitrogens with zero attached hydrogens (tertiary/aromatic N) is 1. The van der Waals surface area contributed by atoms with E-state index in [0.717, 1.165) is 43.1 Å². The first-order valence-electron chi connectivity index (χ1n) is 13.0. The molecule has 5 fully saturated rings. The molecule has 5 aliphatic rings. The van der Waals surface area contributed by atoms with Crippen molar-refractivity contribution in [1.29, 1.82) is 0 Å². The van der Waals surface area contributed by atoms with Gasteiger partial charge in [0.25, 0.3) is 0 Å². The quantitative estimate of drug-likeness (QED) is 0.644. The van der Waals surface area contributed by atoms with Gasteiger partial charge in [0.05, 0.1) is 0 Å². The Balaban J connectivity index is 1.06. The molecule has 30 heavy (non-hydrogen) atoms. The minimum absolute atomic E-state index is 0.00693. The van der Waals surface area contributed by atoms with Crippen LogP contribution >= 0.6 is 0 Å². The molecule has 6 unspecified atom stereocenters. The molecule has 4 saturated carbocycles. The lowest BCUT2D eigenvalue weighted by Gasteiger charge is -2.44. The van der Waals surface area contributed by atoms with E-state index >= 15 is 0 Å². The zero-order valence-corrected chi connectivity index (χ0v) is 18.7. The van der Waals surface area contributed by atoms with Gasteiger partial charge in [-0.1, -0.05) is 25.7 Å². The Morgan fingerprint density at radius 2 is 1.70 bits per heavy atom. The first-order valence-corrected chi connectivity index (χ1v) is 13.0. The lowest BCUT2D eigenvalue weighted by atomic mass is 9.73. The normalized spacial score (nSPS) is 39.9. The molecule has 2 N–H and O–H groups in total. The fraction of sp³-hybridized carbons (Fsp3) is 0.920. The van der Waals surface area contributed by atoms with E-state index in [-0.39, 0.29) is 11.6 Å². The van der Waals surface area contributed by atoms with Crippen LogP contribution in [-0.4, -0.2) is 41.5 Å². The molecule has 0 aromatic carbocycles. The van der Waals surface area contributed by atoms with E-state index in [1.807, 2.05) is 0 Å². The van der Waals surface area contributed by atoms with Crippen LogP contribution in [0.4, 0.5) is 4.79 Å². The van der Waals surface area contributed by atoms with Crippen LogP contribution in [0.5, 0.6) is 0 Å². The average Bonchev–Trinajstić information content (AvgIpc) is 2.97. The molecule has 1 saturated heterocycles. The fourth-order valence-corrected chi connectivity index (χ4v) is 8.12. The zero-order valence-electron chi connectivity index (χ0n) is 18.7. The van der Waals surface area contributed by atoms with E-state index in [0.29, 0.717) is 24.9 Å². The highest BCUT2D eigenvalue weighted by Crippen LogP contribution is 2.54. The highest BCUT2D eigenvalue weighted by atomic mass is 16.2. The van der Waals surface area contributed by atoms with Gasteiger partial charge in [-0.25, -0.2) is 4.79 Å². The Labute approximate surface area is 182 Å². The molecule has 5 heteroatoms. The van der Waals surface area contributed by atoms with Crippen LogP contribution in [-0.2, 0) is 4.79 Å². The third kappa shape index (κ3) is 4.23. The fourth-order valence-electron chi connectivity index (χ4n) is 8.12. The Bertz CT molecular complexity index is 650. The lowest BCUT2D eigenvalue weighted by Crippen LogP contribution is -2.54. The SMILES string of the molecule is O=C(NCCCC(=O)N1CCCC2CCCCC21)NC12CCCC3CC(CC3C1)C2. The number of piperidine rings is 1. The van der Waals surface area contributed by atoms with Crippen molar-refractivity contribution in [1.82, 2.24) is 15.5 Å². The standard InChI is InChI=1S/C25H41N3O2/c29-23(28-13-5-8-19-6-1-2-9-22(19)28)10-4-12-26-24(30)27-25-11-3-7-20-14-18(16-25)15-21(20)17-25/h18-22H,1-17H2,(H2,26,27,30). The van der Waals surface area contributed by atoms with Crippen LogP contribution in [0.25, 0.3) is 0 Å². The second-order valence-electron chi connectivity index (χ2n) is 11.3. The van der Waals surface area contributed by atoms with Crippen LogP contribution < -0.4 is 10.6 Å². The maximum Gasteiger partial charge on any atom is 0.315 e. The minimum Gasteiger partial charge on any atom is -0.339 e. The maximum atomic E-state index is 12.8. The Hall–Kier alpha value is -1.26. The summed E-state index contributed by atoms with van der Waals surface area (Å²) >= 11 is 0. The Kier molecular flexibility index (Phi) is 5.99. The summed E-state index contributed by atoms with van der Waals surface area (Å²) in [5.74, 6) is 3.65. The molecular formula is C25H41N3O2. The summed E-state index contributed by atoms with van der Waals surface area (Å²) in [5.41, 5.74) is 0.0442. The monoisotopic (exact) mass is 415 g/mol. The number of urea groups is 1. The molecule has 0 spiro atoms. The van der Waals surface area contributed by atoms with Crippen LogP contribution in [0.15, 0.2) is 0 Å². The first kappa shape index (κ1) is 20.6. The summed E-state index contributed by atoms with van der Waals surface area (Å²) < 4.78 is 0. The van der Waals surface area contributed by atoms with Gasteiger partial charge in [-0.3, -0.25) is 4.79 Å². The Morgan fingerprint density at radius 1 is 0.900 bits per heavy atom. The van der Waals surface area contributed by atoms with Crippen molar-refractivity contribution >= 4 is 11.9 Å². The van der Waals surface area contributed by atoms with E-state index in [9.17, 15) is 9.59 Å². The number of carbonyl (C=O) groups excluding carboxylic acids is 2. The summed E-state index contributed by atoms with van der Waals surface area (Å²) in [6.45, 7) is 1.55.